The summed E-state index contributed by atoms with van der Waals surface area (Å²) in [7, 11) is 0. The number of rotatable bonds is 2. The van der Waals surface area contributed by atoms with E-state index in [1.165, 1.54) is 0 Å². The summed E-state index contributed by atoms with van der Waals surface area (Å²) in [4.78, 5) is 14.4. The standard InChI is InChI=1S/C14H20N2O/c1-10-5-3-4-6-13(10)14(17)16-9-12(8-15)7-11(16)2/h3-6,11-12H,7-9,15H2,1-2H3. The van der Waals surface area contributed by atoms with E-state index in [0.717, 1.165) is 24.1 Å². The molecule has 0 spiro atoms. The minimum Gasteiger partial charge on any atom is -0.336 e. The summed E-state index contributed by atoms with van der Waals surface area (Å²) in [5.74, 6) is 0.601. The minimum absolute atomic E-state index is 0.145. The van der Waals surface area contributed by atoms with Crippen molar-refractivity contribution in [1.29, 1.82) is 0 Å². The maximum Gasteiger partial charge on any atom is 0.254 e. The quantitative estimate of drug-likeness (QED) is 0.845. The molecule has 1 amide bonds. The molecular formula is C14H20N2O. The van der Waals surface area contributed by atoms with E-state index >= 15 is 0 Å². The van der Waals surface area contributed by atoms with Gasteiger partial charge in [0.05, 0.1) is 0 Å². The fourth-order valence-corrected chi connectivity index (χ4v) is 2.56. The van der Waals surface area contributed by atoms with Crippen molar-refractivity contribution in [3.8, 4) is 0 Å². The van der Waals surface area contributed by atoms with Gasteiger partial charge in [-0.25, -0.2) is 0 Å². The van der Waals surface area contributed by atoms with E-state index in [1.807, 2.05) is 36.1 Å². The highest BCUT2D eigenvalue weighted by Gasteiger charge is 2.32. The lowest BCUT2D eigenvalue weighted by Gasteiger charge is -2.22. The van der Waals surface area contributed by atoms with Crippen LogP contribution in [0.2, 0.25) is 0 Å². The van der Waals surface area contributed by atoms with Crippen LogP contribution in [0, 0.1) is 12.8 Å². The molecule has 1 aliphatic heterocycles. The number of benzene rings is 1. The number of nitrogens with zero attached hydrogens (tertiary/aromatic N) is 1. The molecule has 1 saturated heterocycles. The first kappa shape index (κ1) is 12.1. The maximum absolute atomic E-state index is 12.4. The van der Waals surface area contributed by atoms with Crippen LogP contribution < -0.4 is 5.73 Å². The molecule has 92 valence electrons. The average Bonchev–Trinajstić information content (AvgIpc) is 2.70. The summed E-state index contributed by atoms with van der Waals surface area (Å²) in [6.45, 7) is 5.55. The van der Waals surface area contributed by atoms with Gasteiger partial charge in [0.1, 0.15) is 0 Å². The van der Waals surface area contributed by atoms with Crippen molar-refractivity contribution in [2.75, 3.05) is 13.1 Å². The van der Waals surface area contributed by atoms with Crippen molar-refractivity contribution >= 4 is 5.91 Å². The molecule has 1 aromatic carbocycles. The smallest absolute Gasteiger partial charge is 0.254 e. The van der Waals surface area contributed by atoms with E-state index in [-0.39, 0.29) is 5.91 Å². The largest absolute Gasteiger partial charge is 0.336 e. The number of amides is 1. The molecule has 0 aliphatic carbocycles. The number of hydrogen-bond donors (Lipinski definition) is 1. The van der Waals surface area contributed by atoms with Crippen LogP contribution in [-0.2, 0) is 0 Å². The molecule has 2 N–H and O–H groups in total. The van der Waals surface area contributed by atoms with Crippen LogP contribution >= 0.6 is 0 Å². The third kappa shape index (κ3) is 2.34. The normalized spacial score (nSPS) is 24.1. The second-order valence-corrected chi connectivity index (χ2v) is 4.96. The van der Waals surface area contributed by atoms with Crippen LogP contribution in [0.25, 0.3) is 0 Å². The predicted molar refractivity (Wildman–Crippen MR) is 68.8 cm³/mol. The zero-order valence-electron chi connectivity index (χ0n) is 10.5. The topological polar surface area (TPSA) is 46.3 Å². The van der Waals surface area contributed by atoms with Gasteiger partial charge in [-0.15, -0.1) is 0 Å². The molecule has 1 aliphatic rings. The minimum atomic E-state index is 0.145. The predicted octanol–water partition coefficient (Wildman–Crippen LogP) is 1.80. The lowest BCUT2D eigenvalue weighted by Crippen LogP contribution is -2.34. The first-order valence-electron chi connectivity index (χ1n) is 6.20. The molecule has 1 aromatic rings. The number of nitrogens with two attached hydrogens (primary N) is 1. The van der Waals surface area contributed by atoms with Crippen molar-refractivity contribution in [2.45, 2.75) is 26.3 Å². The van der Waals surface area contributed by atoms with Crippen LogP contribution in [0.5, 0.6) is 0 Å². The molecule has 0 bridgehead atoms. The summed E-state index contributed by atoms with van der Waals surface area (Å²) in [6.07, 6.45) is 1.02. The van der Waals surface area contributed by atoms with Crippen LogP contribution in [0.4, 0.5) is 0 Å². The lowest BCUT2D eigenvalue weighted by molar-refractivity contribution is 0.0742. The Bertz CT molecular complexity index is 416. The zero-order valence-corrected chi connectivity index (χ0v) is 10.5. The van der Waals surface area contributed by atoms with Crippen LogP contribution in [0.15, 0.2) is 24.3 Å². The first-order chi connectivity index (χ1) is 8.13. The Balaban J connectivity index is 2.19. The van der Waals surface area contributed by atoms with Gasteiger partial charge in [0.15, 0.2) is 0 Å². The summed E-state index contributed by atoms with van der Waals surface area (Å²) in [5, 5.41) is 0. The van der Waals surface area contributed by atoms with Gasteiger partial charge in [-0.3, -0.25) is 4.79 Å². The molecule has 1 fully saturated rings. The summed E-state index contributed by atoms with van der Waals surface area (Å²) in [5.41, 5.74) is 7.55. The fraction of sp³-hybridized carbons (Fsp3) is 0.500. The Morgan fingerprint density at radius 2 is 2.18 bits per heavy atom. The van der Waals surface area contributed by atoms with Gasteiger partial charge in [0, 0.05) is 18.2 Å². The Morgan fingerprint density at radius 3 is 2.76 bits per heavy atom. The zero-order chi connectivity index (χ0) is 12.4. The molecule has 0 radical (unpaired) electrons. The van der Waals surface area contributed by atoms with Crippen molar-refractivity contribution in [2.24, 2.45) is 11.7 Å². The molecule has 2 atom stereocenters. The fourth-order valence-electron chi connectivity index (χ4n) is 2.56. The van der Waals surface area contributed by atoms with Gasteiger partial charge in [0.25, 0.3) is 5.91 Å². The third-order valence-corrected chi connectivity index (χ3v) is 3.63. The average molecular weight is 232 g/mol. The van der Waals surface area contributed by atoms with Gasteiger partial charge >= 0.3 is 0 Å². The summed E-state index contributed by atoms with van der Waals surface area (Å²) < 4.78 is 0. The van der Waals surface area contributed by atoms with Gasteiger partial charge < -0.3 is 10.6 Å². The molecule has 1 heterocycles. The number of aryl methyl sites for hydroxylation is 1. The second-order valence-electron chi connectivity index (χ2n) is 4.96. The Labute approximate surface area is 103 Å². The lowest BCUT2D eigenvalue weighted by atomic mass is 10.1. The SMILES string of the molecule is Cc1ccccc1C(=O)N1CC(CN)CC1C. The molecule has 3 nitrogen and oxygen atoms in total. The highest BCUT2D eigenvalue weighted by Crippen LogP contribution is 2.24. The van der Waals surface area contributed by atoms with E-state index in [1.54, 1.807) is 0 Å². The second kappa shape index (κ2) is 4.88. The van der Waals surface area contributed by atoms with Crippen LogP contribution in [0.1, 0.15) is 29.3 Å². The molecule has 0 saturated carbocycles. The first-order valence-corrected chi connectivity index (χ1v) is 6.20. The van der Waals surface area contributed by atoms with Crippen molar-refractivity contribution in [3.05, 3.63) is 35.4 Å². The number of hydrogen-bond acceptors (Lipinski definition) is 2. The molecule has 17 heavy (non-hydrogen) atoms. The number of likely N-dealkylation sites (tertiary alicyclic amines) is 1. The van der Waals surface area contributed by atoms with Crippen molar-refractivity contribution < 1.29 is 4.79 Å². The Hall–Kier alpha value is -1.35. The highest BCUT2D eigenvalue weighted by molar-refractivity contribution is 5.96. The van der Waals surface area contributed by atoms with Gasteiger partial charge in [0.2, 0.25) is 0 Å². The Morgan fingerprint density at radius 1 is 1.47 bits per heavy atom. The molecule has 0 aromatic heterocycles. The van der Waals surface area contributed by atoms with Crippen molar-refractivity contribution in [1.82, 2.24) is 4.90 Å². The van der Waals surface area contributed by atoms with E-state index in [0.29, 0.717) is 18.5 Å². The molecular weight excluding hydrogens is 212 g/mol. The van der Waals surface area contributed by atoms with Crippen molar-refractivity contribution in [3.63, 3.8) is 0 Å². The van der Waals surface area contributed by atoms with E-state index in [2.05, 4.69) is 6.92 Å². The van der Waals surface area contributed by atoms with E-state index < -0.39 is 0 Å². The number of carbonyl (C=O) groups is 1. The summed E-state index contributed by atoms with van der Waals surface area (Å²) >= 11 is 0. The molecule has 2 rings (SSSR count). The van der Waals surface area contributed by atoms with Crippen LogP contribution in [0.3, 0.4) is 0 Å². The third-order valence-electron chi connectivity index (χ3n) is 3.63. The van der Waals surface area contributed by atoms with Gasteiger partial charge in [-0.2, -0.15) is 0 Å². The summed E-state index contributed by atoms with van der Waals surface area (Å²) in [6, 6.07) is 8.06. The van der Waals surface area contributed by atoms with Crippen LogP contribution in [-0.4, -0.2) is 29.9 Å². The van der Waals surface area contributed by atoms with Gasteiger partial charge in [-0.1, -0.05) is 18.2 Å². The number of carbonyl (C=O) groups excluding carboxylic acids is 1. The maximum atomic E-state index is 12.4. The van der Waals surface area contributed by atoms with Gasteiger partial charge in [-0.05, 0) is 44.4 Å². The van der Waals surface area contributed by atoms with E-state index in [9.17, 15) is 4.79 Å². The highest BCUT2D eigenvalue weighted by atomic mass is 16.2. The monoisotopic (exact) mass is 232 g/mol. The molecule has 2 unspecified atom stereocenters. The van der Waals surface area contributed by atoms with E-state index in [4.69, 9.17) is 5.73 Å². The molecule has 3 heteroatoms. The Kier molecular flexibility index (Phi) is 3.48.